The summed E-state index contributed by atoms with van der Waals surface area (Å²) in [6.07, 6.45) is 3.27. The molecule has 0 spiro atoms. The summed E-state index contributed by atoms with van der Waals surface area (Å²) in [7, 11) is 0. The number of nitrogens with zero attached hydrogens (tertiary/aromatic N) is 1. The van der Waals surface area contributed by atoms with Gasteiger partial charge in [-0.25, -0.2) is 0 Å². The van der Waals surface area contributed by atoms with E-state index in [0.29, 0.717) is 5.56 Å². The first-order valence-electron chi connectivity index (χ1n) is 5.72. The van der Waals surface area contributed by atoms with Gasteiger partial charge in [0, 0.05) is 28.0 Å². The standard InChI is InChI=1S/C15H14BrNO/c1-9-4-11(3)14(5-10(9)2)15(18)12-6-13(16)8-17-7-12/h4-8H,1-3H3. The normalized spacial score (nSPS) is 10.4. The number of halogens is 1. The van der Waals surface area contributed by atoms with Gasteiger partial charge < -0.3 is 0 Å². The number of hydrogen-bond acceptors (Lipinski definition) is 2. The minimum atomic E-state index is 0.0180. The van der Waals surface area contributed by atoms with Gasteiger partial charge in [-0.2, -0.15) is 0 Å². The molecule has 1 aromatic heterocycles. The van der Waals surface area contributed by atoms with Gasteiger partial charge in [0.15, 0.2) is 5.78 Å². The van der Waals surface area contributed by atoms with Crippen molar-refractivity contribution in [1.82, 2.24) is 4.98 Å². The molecule has 1 aromatic carbocycles. The molecule has 0 bridgehead atoms. The minimum Gasteiger partial charge on any atom is -0.289 e. The zero-order chi connectivity index (χ0) is 13.3. The summed E-state index contributed by atoms with van der Waals surface area (Å²) in [6.45, 7) is 6.03. The summed E-state index contributed by atoms with van der Waals surface area (Å²) in [5.74, 6) is 0.0180. The smallest absolute Gasteiger partial charge is 0.194 e. The molecule has 0 N–H and O–H groups in total. The summed E-state index contributed by atoms with van der Waals surface area (Å²) >= 11 is 3.33. The van der Waals surface area contributed by atoms with Crippen molar-refractivity contribution in [2.45, 2.75) is 20.8 Å². The van der Waals surface area contributed by atoms with Crippen molar-refractivity contribution >= 4 is 21.7 Å². The summed E-state index contributed by atoms with van der Waals surface area (Å²) in [6, 6.07) is 5.80. The predicted octanol–water partition coefficient (Wildman–Crippen LogP) is 4.00. The van der Waals surface area contributed by atoms with E-state index in [9.17, 15) is 4.79 Å². The lowest BCUT2D eigenvalue weighted by molar-refractivity contribution is 0.103. The van der Waals surface area contributed by atoms with Crippen LogP contribution in [0, 0.1) is 20.8 Å². The van der Waals surface area contributed by atoms with Gasteiger partial charge in [0.25, 0.3) is 0 Å². The number of carbonyl (C=O) groups is 1. The third kappa shape index (κ3) is 2.51. The van der Waals surface area contributed by atoms with Crippen LogP contribution in [0.15, 0.2) is 35.1 Å². The summed E-state index contributed by atoms with van der Waals surface area (Å²) < 4.78 is 0.815. The number of carbonyl (C=O) groups excluding carboxylic acids is 1. The van der Waals surface area contributed by atoms with Gasteiger partial charge in [-0.3, -0.25) is 9.78 Å². The Morgan fingerprint density at radius 2 is 1.67 bits per heavy atom. The van der Waals surface area contributed by atoms with Crippen molar-refractivity contribution in [3.63, 3.8) is 0 Å². The van der Waals surface area contributed by atoms with E-state index in [1.54, 1.807) is 18.5 Å². The van der Waals surface area contributed by atoms with Gasteiger partial charge >= 0.3 is 0 Å². The molecule has 0 saturated heterocycles. The van der Waals surface area contributed by atoms with E-state index >= 15 is 0 Å². The van der Waals surface area contributed by atoms with E-state index in [1.165, 1.54) is 5.56 Å². The molecule has 92 valence electrons. The maximum absolute atomic E-state index is 12.4. The van der Waals surface area contributed by atoms with Crippen molar-refractivity contribution < 1.29 is 4.79 Å². The minimum absolute atomic E-state index is 0.0180. The molecule has 18 heavy (non-hydrogen) atoms. The van der Waals surface area contributed by atoms with Crippen LogP contribution in [-0.2, 0) is 0 Å². The second-order valence-electron chi connectivity index (χ2n) is 4.47. The van der Waals surface area contributed by atoms with Gasteiger partial charge in [-0.1, -0.05) is 6.07 Å². The van der Waals surface area contributed by atoms with E-state index < -0.39 is 0 Å². The Labute approximate surface area is 115 Å². The molecule has 2 rings (SSSR count). The molecule has 0 saturated carbocycles. The number of hydrogen-bond donors (Lipinski definition) is 0. The highest BCUT2D eigenvalue weighted by Crippen LogP contribution is 2.20. The Hall–Kier alpha value is -1.48. The first kappa shape index (κ1) is 13.0. The SMILES string of the molecule is Cc1cc(C)c(C(=O)c2cncc(Br)c2)cc1C. The Bertz CT molecular complexity index is 620. The Kier molecular flexibility index (Phi) is 3.62. The predicted molar refractivity (Wildman–Crippen MR) is 76.0 cm³/mol. The van der Waals surface area contributed by atoms with Gasteiger partial charge in [0.05, 0.1) is 0 Å². The van der Waals surface area contributed by atoms with E-state index in [-0.39, 0.29) is 5.78 Å². The topological polar surface area (TPSA) is 30.0 Å². The lowest BCUT2D eigenvalue weighted by atomic mass is 9.95. The van der Waals surface area contributed by atoms with Crippen LogP contribution in [0.3, 0.4) is 0 Å². The first-order chi connectivity index (χ1) is 8.49. The van der Waals surface area contributed by atoms with Crippen molar-refractivity contribution in [3.05, 3.63) is 62.9 Å². The maximum Gasteiger partial charge on any atom is 0.194 e. The molecule has 0 atom stereocenters. The molecular weight excluding hydrogens is 290 g/mol. The second kappa shape index (κ2) is 5.02. The second-order valence-corrected chi connectivity index (χ2v) is 5.39. The van der Waals surface area contributed by atoms with Crippen LogP contribution in [-0.4, -0.2) is 10.8 Å². The van der Waals surface area contributed by atoms with Crippen LogP contribution in [0.4, 0.5) is 0 Å². The fraction of sp³-hybridized carbons (Fsp3) is 0.200. The number of benzene rings is 1. The molecule has 0 aliphatic rings. The zero-order valence-electron chi connectivity index (χ0n) is 10.6. The molecule has 3 heteroatoms. The van der Waals surface area contributed by atoms with Gasteiger partial charge in [-0.05, 0) is 65.5 Å². The maximum atomic E-state index is 12.4. The number of aromatic nitrogens is 1. The molecule has 0 unspecified atom stereocenters. The third-order valence-corrected chi connectivity index (χ3v) is 3.49. The Balaban J connectivity index is 2.49. The number of rotatable bonds is 2. The van der Waals surface area contributed by atoms with Gasteiger partial charge in [0.1, 0.15) is 0 Å². The molecule has 2 aromatic rings. The average Bonchev–Trinajstić information content (AvgIpc) is 2.33. The molecule has 2 nitrogen and oxygen atoms in total. The fourth-order valence-corrected chi connectivity index (χ4v) is 2.26. The van der Waals surface area contributed by atoms with Crippen LogP contribution >= 0.6 is 15.9 Å². The lowest BCUT2D eigenvalue weighted by Crippen LogP contribution is -2.05. The Morgan fingerprint density at radius 1 is 1.00 bits per heavy atom. The highest BCUT2D eigenvalue weighted by molar-refractivity contribution is 9.10. The van der Waals surface area contributed by atoms with Crippen molar-refractivity contribution in [1.29, 1.82) is 0 Å². The van der Waals surface area contributed by atoms with Crippen LogP contribution in [0.2, 0.25) is 0 Å². The van der Waals surface area contributed by atoms with Gasteiger partial charge in [-0.15, -0.1) is 0 Å². The van der Waals surface area contributed by atoms with Crippen LogP contribution in [0.1, 0.15) is 32.6 Å². The summed E-state index contributed by atoms with van der Waals surface area (Å²) in [4.78, 5) is 16.5. The molecular formula is C15H14BrNO. The largest absolute Gasteiger partial charge is 0.289 e. The van der Waals surface area contributed by atoms with Crippen molar-refractivity contribution in [2.75, 3.05) is 0 Å². The van der Waals surface area contributed by atoms with Crippen LogP contribution in [0.5, 0.6) is 0 Å². The third-order valence-electron chi connectivity index (χ3n) is 3.05. The molecule has 0 aliphatic heterocycles. The Morgan fingerprint density at radius 3 is 2.33 bits per heavy atom. The summed E-state index contributed by atoms with van der Waals surface area (Å²) in [5.41, 5.74) is 4.69. The van der Waals surface area contributed by atoms with E-state index in [1.807, 2.05) is 26.0 Å². The number of pyridine rings is 1. The molecule has 0 fully saturated rings. The van der Waals surface area contributed by atoms with Crippen molar-refractivity contribution in [3.8, 4) is 0 Å². The molecule has 0 amide bonds. The zero-order valence-corrected chi connectivity index (χ0v) is 12.2. The highest BCUT2D eigenvalue weighted by Gasteiger charge is 2.13. The fourth-order valence-electron chi connectivity index (χ4n) is 1.90. The average molecular weight is 304 g/mol. The molecule has 0 radical (unpaired) electrons. The number of aryl methyl sites for hydroxylation is 3. The van der Waals surface area contributed by atoms with E-state index in [4.69, 9.17) is 0 Å². The van der Waals surface area contributed by atoms with Gasteiger partial charge in [0.2, 0.25) is 0 Å². The van der Waals surface area contributed by atoms with E-state index in [2.05, 4.69) is 27.8 Å². The van der Waals surface area contributed by atoms with E-state index in [0.717, 1.165) is 21.2 Å². The molecule has 1 heterocycles. The van der Waals surface area contributed by atoms with Crippen LogP contribution < -0.4 is 0 Å². The monoisotopic (exact) mass is 303 g/mol. The molecule has 0 aliphatic carbocycles. The highest BCUT2D eigenvalue weighted by atomic mass is 79.9. The van der Waals surface area contributed by atoms with Crippen molar-refractivity contribution in [2.24, 2.45) is 0 Å². The summed E-state index contributed by atoms with van der Waals surface area (Å²) in [5, 5.41) is 0. The number of ketones is 1. The van der Waals surface area contributed by atoms with Crippen LogP contribution in [0.25, 0.3) is 0 Å². The lowest BCUT2D eigenvalue weighted by Gasteiger charge is -2.09. The quantitative estimate of drug-likeness (QED) is 0.785. The first-order valence-corrected chi connectivity index (χ1v) is 6.51.